The van der Waals surface area contributed by atoms with Gasteiger partial charge in [0.2, 0.25) is 0 Å². The van der Waals surface area contributed by atoms with Gasteiger partial charge < -0.3 is 5.32 Å². The molecule has 0 saturated carbocycles. The quantitative estimate of drug-likeness (QED) is 0.368. The number of amides is 1. The Morgan fingerprint density at radius 1 is 0.966 bits per heavy atom. The van der Waals surface area contributed by atoms with E-state index in [0.29, 0.717) is 21.7 Å². The molecule has 0 fully saturated rings. The van der Waals surface area contributed by atoms with Crippen LogP contribution in [0.15, 0.2) is 60.7 Å². The third-order valence-electron chi connectivity index (χ3n) is 4.10. The summed E-state index contributed by atoms with van der Waals surface area (Å²) >= 11 is 11.7. The molecule has 1 N–H and O–H groups in total. The molecule has 1 amide bonds. The van der Waals surface area contributed by atoms with Gasteiger partial charge in [-0.3, -0.25) is 14.9 Å². The van der Waals surface area contributed by atoms with E-state index in [1.54, 1.807) is 42.5 Å². The zero-order valence-corrected chi connectivity index (χ0v) is 16.1. The Morgan fingerprint density at radius 3 is 2.41 bits per heavy atom. The molecule has 0 aliphatic rings. The maximum Gasteiger partial charge on any atom is 0.288 e. The van der Waals surface area contributed by atoms with Gasteiger partial charge in [0.1, 0.15) is 16.1 Å². The van der Waals surface area contributed by atoms with Gasteiger partial charge in [0.05, 0.1) is 10.6 Å². The maximum absolute atomic E-state index is 12.5. The number of carbonyl (C=O) groups excluding carboxylic acids is 1. The molecule has 0 spiro atoms. The lowest BCUT2D eigenvalue weighted by atomic mass is 10.2. The highest BCUT2D eigenvalue weighted by molar-refractivity contribution is 6.32. The minimum absolute atomic E-state index is 0.0354. The van der Waals surface area contributed by atoms with Crippen molar-refractivity contribution in [1.82, 2.24) is 15.0 Å². The predicted molar refractivity (Wildman–Crippen MR) is 110 cm³/mol. The molecule has 0 bridgehead atoms. The van der Waals surface area contributed by atoms with Crippen molar-refractivity contribution in [3.8, 4) is 5.69 Å². The lowest BCUT2D eigenvalue weighted by Crippen LogP contribution is -2.12. The molecular formula is C19H11Cl2N5O3. The molecule has 0 aliphatic heterocycles. The Bertz CT molecular complexity index is 1250. The van der Waals surface area contributed by atoms with E-state index in [2.05, 4.69) is 15.5 Å². The van der Waals surface area contributed by atoms with Crippen molar-refractivity contribution in [3.63, 3.8) is 0 Å². The van der Waals surface area contributed by atoms with Crippen molar-refractivity contribution in [3.05, 3.63) is 86.4 Å². The van der Waals surface area contributed by atoms with Gasteiger partial charge >= 0.3 is 0 Å². The second kappa shape index (κ2) is 7.50. The van der Waals surface area contributed by atoms with Gasteiger partial charge in [0, 0.05) is 22.3 Å². The minimum Gasteiger partial charge on any atom is -0.322 e. The molecule has 0 aliphatic carbocycles. The van der Waals surface area contributed by atoms with Crippen LogP contribution < -0.4 is 5.32 Å². The maximum atomic E-state index is 12.5. The standard InChI is InChI=1S/C19H11Cl2N5O3/c20-12-2-5-14(6-3-12)25-23-16-8-4-13(10-17(16)24-25)22-19(27)11-1-7-15(21)18(9-11)26(28)29/h1-10H,(H,22,27). The fourth-order valence-corrected chi connectivity index (χ4v) is 2.99. The van der Waals surface area contributed by atoms with Crippen molar-refractivity contribution >= 4 is 51.5 Å². The highest BCUT2D eigenvalue weighted by Crippen LogP contribution is 2.26. The molecule has 1 aromatic heterocycles. The molecule has 4 aromatic rings. The molecule has 8 nitrogen and oxygen atoms in total. The molecule has 0 atom stereocenters. The van der Waals surface area contributed by atoms with E-state index in [0.717, 1.165) is 11.8 Å². The van der Waals surface area contributed by atoms with Gasteiger partial charge in [-0.15, -0.1) is 10.2 Å². The van der Waals surface area contributed by atoms with Crippen LogP contribution in [0, 0.1) is 10.1 Å². The molecule has 0 unspecified atom stereocenters. The SMILES string of the molecule is O=C(Nc1ccc2nn(-c3ccc(Cl)cc3)nc2c1)c1ccc(Cl)c([N+](=O)[O-])c1. The van der Waals surface area contributed by atoms with Crippen LogP contribution in [-0.4, -0.2) is 25.8 Å². The van der Waals surface area contributed by atoms with Crippen molar-refractivity contribution in [2.24, 2.45) is 0 Å². The largest absolute Gasteiger partial charge is 0.322 e. The lowest BCUT2D eigenvalue weighted by Gasteiger charge is -2.05. The first kappa shape index (κ1) is 18.9. The Kier molecular flexibility index (Phi) is 4.87. The number of hydrogen-bond donors (Lipinski definition) is 1. The molecule has 0 saturated heterocycles. The lowest BCUT2D eigenvalue weighted by molar-refractivity contribution is -0.384. The molecule has 4 rings (SSSR count). The second-order valence-electron chi connectivity index (χ2n) is 6.05. The van der Waals surface area contributed by atoms with Crippen LogP contribution in [0.4, 0.5) is 11.4 Å². The summed E-state index contributed by atoms with van der Waals surface area (Å²) in [5, 5.41) is 23.1. The zero-order chi connectivity index (χ0) is 20.5. The summed E-state index contributed by atoms with van der Waals surface area (Å²) in [6, 6.07) is 16.0. The smallest absolute Gasteiger partial charge is 0.288 e. The summed E-state index contributed by atoms with van der Waals surface area (Å²) in [5.74, 6) is -0.505. The van der Waals surface area contributed by atoms with Crippen LogP contribution >= 0.6 is 23.2 Å². The molecular weight excluding hydrogens is 417 g/mol. The average molecular weight is 428 g/mol. The Morgan fingerprint density at radius 2 is 1.69 bits per heavy atom. The van der Waals surface area contributed by atoms with Crippen LogP contribution in [0.3, 0.4) is 0 Å². The number of halogens is 2. The summed E-state index contributed by atoms with van der Waals surface area (Å²) in [7, 11) is 0. The van der Waals surface area contributed by atoms with Gasteiger partial charge in [-0.25, -0.2) is 0 Å². The third kappa shape index (κ3) is 3.89. The fraction of sp³-hybridized carbons (Fsp3) is 0. The molecule has 29 heavy (non-hydrogen) atoms. The van der Waals surface area contributed by atoms with E-state index in [4.69, 9.17) is 23.2 Å². The number of nitrogens with one attached hydrogen (secondary N) is 1. The molecule has 144 valence electrons. The van der Waals surface area contributed by atoms with E-state index in [1.807, 2.05) is 0 Å². The number of fused-ring (bicyclic) bond motifs is 1. The number of aromatic nitrogens is 3. The van der Waals surface area contributed by atoms with E-state index in [-0.39, 0.29) is 16.3 Å². The molecule has 3 aromatic carbocycles. The van der Waals surface area contributed by atoms with Crippen molar-refractivity contribution in [2.45, 2.75) is 0 Å². The van der Waals surface area contributed by atoms with Crippen LogP contribution in [-0.2, 0) is 0 Å². The Hall–Kier alpha value is -3.49. The van der Waals surface area contributed by atoms with Crippen LogP contribution in [0.25, 0.3) is 16.7 Å². The van der Waals surface area contributed by atoms with Gasteiger partial charge in [-0.2, -0.15) is 4.80 Å². The number of benzene rings is 3. The highest BCUT2D eigenvalue weighted by atomic mass is 35.5. The molecule has 1 heterocycles. The number of hydrogen-bond acceptors (Lipinski definition) is 5. The van der Waals surface area contributed by atoms with E-state index in [1.165, 1.54) is 16.9 Å². The number of anilines is 1. The van der Waals surface area contributed by atoms with E-state index in [9.17, 15) is 14.9 Å². The highest BCUT2D eigenvalue weighted by Gasteiger charge is 2.17. The summed E-state index contributed by atoms with van der Waals surface area (Å²) in [6.45, 7) is 0. The average Bonchev–Trinajstić information content (AvgIpc) is 3.12. The van der Waals surface area contributed by atoms with Crippen LogP contribution in [0.2, 0.25) is 10.0 Å². The first-order chi connectivity index (χ1) is 13.9. The number of carbonyl (C=O) groups is 1. The van der Waals surface area contributed by atoms with E-state index < -0.39 is 10.8 Å². The van der Waals surface area contributed by atoms with Gasteiger partial charge in [-0.05, 0) is 54.6 Å². The van der Waals surface area contributed by atoms with Gasteiger partial charge in [0.25, 0.3) is 11.6 Å². The summed E-state index contributed by atoms with van der Waals surface area (Å²) < 4.78 is 0. The summed E-state index contributed by atoms with van der Waals surface area (Å²) in [6.07, 6.45) is 0. The van der Waals surface area contributed by atoms with Gasteiger partial charge in [-0.1, -0.05) is 23.2 Å². The zero-order valence-electron chi connectivity index (χ0n) is 14.5. The minimum atomic E-state index is -0.639. The first-order valence-electron chi connectivity index (χ1n) is 8.29. The van der Waals surface area contributed by atoms with E-state index >= 15 is 0 Å². The number of rotatable bonds is 4. The summed E-state index contributed by atoms with van der Waals surface area (Å²) in [4.78, 5) is 24.3. The Labute approximate surface area is 173 Å². The fourth-order valence-electron chi connectivity index (χ4n) is 2.68. The Balaban J connectivity index is 1.60. The molecule has 0 radical (unpaired) electrons. The van der Waals surface area contributed by atoms with Crippen molar-refractivity contribution in [1.29, 1.82) is 0 Å². The topological polar surface area (TPSA) is 103 Å². The normalized spacial score (nSPS) is 10.8. The first-order valence-corrected chi connectivity index (χ1v) is 9.05. The predicted octanol–water partition coefficient (Wildman–Crippen LogP) is 4.89. The van der Waals surface area contributed by atoms with Gasteiger partial charge in [0.15, 0.2) is 0 Å². The van der Waals surface area contributed by atoms with Crippen LogP contribution in [0.1, 0.15) is 10.4 Å². The monoisotopic (exact) mass is 427 g/mol. The van der Waals surface area contributed by atoms with Crippen molar-refractivity contribution < 1.29 is 9.72 Å². The number of nitrogens with zero attached hydrogens (tertiary/aromatic N) is 4. The molecule has 10 heteroatoms. The third-order valence-corrected chi connectivity index (χ3v) is 4.67. The second-order valence-corrected chi connectivity index (χ2v) is 6.89. The van der Waals surface area contributed by atoms with Crippen LogP contribution in [0.5, 0.6) is 0 Å². The number of nitro benzene ring substituents is 1. The summed E-state index contributed by atoms with van der Waals surface area (Å²) in [5.41, 5.74) is 2.21. The number of nitro groups is 1. The van der Waals surface area contributed by atoms with Crippen molar-refractivity contribution in [2.75, 3.05) is 5.32 Å².